The number of hydrogen-bond donors (Lipinski definition) is 0. The zero-order chi connectivity index (χ0) is 13.1. The van der Waals surface area contributed by atoms with Gasteiger partial charge in [-0.1, -0.05) is 12.2 Å². The van der Waals surface area contributed by atoms with Gasteiger partial charge in [0.1, 0.15) is 5.73 Å². The molecule has 2 aliphatic carbocycles. The number of allylic oxidation sites excluding steroid dienone is 2. The summed E-state index contributed by atoms with van der Waals surface area (Å²) in [6.45, 7) is 1.45. The van der Waals surface area contributed by atoms with Crippen molar-refractivity contribution in [2.75, 3.05) is 14.2 Å². The number of rotatable bonds is 6. The van der Waals surface area contributed by atoms with Crippen LogP contribution in [0, 0.1) is 17.8 Å². The molecule has 0 radical (unpaired) electrons. The van der Waals surface area contributed by atoms with Crippen LogP contribution in [0.4, 0.5) is 0 Å². The van der Waals surface area contributed by atoms with Gasteiger partial charge in [-0.15, -0.1) is 0 Å². The van der Waals surface area contributed by atoms with Crippen LogP contribution in [0.5, 0.6) is 0 Å². The summed E-state index contributed by atoms with van der Waals surface area (Å²) in [5.41, 5.74) is -0.171. The Balaban J connectivity index is 1.96. The lowest BCUT2D eigenvalue weighted by molar-refractivity contribution is -0.144. The molecule has 4 nitrogen and oxygen atoms in total. The van der Waals surface area contributed by atoms with Crippen molar-refractivity contribution in [3.63, 3.8) is 0 Å². The van der Waals surface area contributed by atoms with E-state index in [1.807, 2.05) is 0 Å². The zero-order valence-corrected chi connectivity index (χ0v) is 12.5. The van der Waals surface area contributed by atoms with E-state index in [9.17, 15) is 4.79 Å². The van der Waals surface area contributed by atoms with Gasteiger partial charge in [-0.2, -0.15) is 0 Å². The second-order valence-corrected chi connectivity index (χ2v) is 7.69. The first-order valence-corrected chi connectivity index (χ1v) is 8.16. The molecule has 18 heavy (non-hydrogen) atoms. The summed E-state index contributed by atoms with van der Waals surface area (Å²) >= 11 is 0. The van der Waals surface area contributed by atoms with Crippen molar-refractivity contribution in [1.29, 1.82) is 0 Å². The van der Waals surface area contributed by atoms with Crippen LogP contribution in [-0.4, -0.2) is 35.2 Å². The highest BCUT2D eigenvalue weighted by Crippen LogP contribution is 2.45. The third kappa shape index (κ3) is 3.02. The van der Waals surface area contributed by atoms with Gasteiger partial charge in [0.2, 0.25) is 0 Å². The van der Waals surface area contributed by atoms with E-state index in [0.29, 0.717) is 11.8 Å². The van der Waals surface area contributed by atoms with Crippen molar-refractivity contribution in [3.8, 4) is 0 Å². The molecule has 0 aromatic carbocycles. The van der Waals surface area contributed by atoms with E-state index in [1.54, 1.807) is 14.2 Å². The summed E-state index contributed by atoms with van der Waals surface area (Å²) in [5.74, 6) is 1.77. The normalized spacial score (nSPS) is 31.0. The number of ether oxygens (including phenoxy) is 1. The Morgan fingerprint density at radius 1 is 1.33 bits per heavy atom. The van der Waals surface area contributed by atoms with Crippen LogP contribution in [0.25, 0.3) is 0 Å². The third-order valence-corrected chi connectivity index (χ3v) is 5.98. The largest absolute Gasteiger partial charge is 0.461 e. The standard InChI is InChI=1S/C13H22O4Si/c1-9(14)17-13(18(15-2)16-3)8-12-7-10-4-5-11(12)6-10/h4-5,10-13,18H,6-8H2,1-3H3. The average molecular weight is 270 g/mol. The summed E-state index contributed by atoms with van der Waals surface area (Å²) < 4.78 is 16.2. The van der Waals surface area contributed by atoms with Gasteiger partial charge in [0.25, 0.3) is 0 Å². The maximum atomic E-state index is 11.2. The van der Waals surface area contributed by atoms with Gasteiger partial charge in [-0.3, -0.25) is 4.79 Å². The fraction of sp³-hybridized carbons (Fsp3) is 0.769. The molecule has 0 aromatic rings. The molecule has 0 saturated heterocycles. The number of esters is 1. The number of carbonyl (C=O) groups is 1. The van der Waals surface area contributed by atoms with Crippen LogP contribution in [-0.2, 0) is 18.4 Å². The minimum absolute atomic E-state index is 0.171. The predicted molar refractivity (Wildman–Crippen MR) is 70.2 cm³/mol. The Labute approximate surface area is 110 Å². The highest BCUT2D eigenvalue weighted by atomic mass is 28.3. The van der Waals surface area contributed by atoms with Gasteiger partial charge in [-0.25, -0.2) is 0 Å². The van der Waals surface area contributed by atoms with Crippen LogP contribution in [0.15, 0.2) is 12.2 Å². The van der Waals surface area contributed by atoms with Crippen molar-refractivity contribution in [2.24, 2.45) is 17.8 Å². The quantitative estimate of drug-likeness (QED) is 0.417. The molecule has 0 spiro atoms. The van der Waals surface area contributed by atoms with Crippen LogP contribution < -0.4 is 0 Å². The summed E-state index contributed by atoms with van der Waals surface area (Å²) in [7, 11) is 1.36. The SMILES string of the molecule is CO[SiH](OC)C(CC1CC2C=CC1C2)OC(C)=O. The maximum Gasteiger partial charge on any atom is 0.363 e. The van der Waals surface area contributed by atoms with Crippen LogP contribution >= 0.6 is 0 Å². The summed E-state index contributed by atoms with van der Waals surface area (Å²) in [4.78, 5) is 11.2. The molecule has 0 N–H and O–H groups in total. The molecule has 4 atom stereocenters. The van der Waals surface area contributed by atoms with Gasteiger partial charge >= 0.3 is 15.3 Å². The molecule has 2 bridgehead atoms. The van der Waals surface area contributed by atoms with Crippen molar-refractivity contribution in [1.82, 2.24) is 0 Å². The summed E-state index contributed by atoms with van der Waals surface area (Å²) in [6.07, 6.45) is 8.00. The van der Waals surface area contributed by atoms with E-state index in [1.165, 1.54) is 19.8 Å². The number of carbonyl (C=O) groups excluding carboxylic acids is 1. The van der Waals surface area contributed by atoms with E-state index < -0.39 is 9.28 Å². The molecule has 2 rings (SSSR count). The van der Waals surface area contributed by atoms with Gasteiger partial charge < -0.3 is 13.6 Å². The van der Waals surface area contributed by atoms with Gasteiger partial charge in [0, 0.05) is 21.1 Å². The fourth-order valence-corrected chi connectivity index (χ4v) is 4.97. The van der Waals surface area contributed by atoms with Gasteiger partial charge in [-0.05, 0) is 37.0 Å². The van der Waals surface area contributed by atoms with Crippen molar-refractivity contribution in [2.45, 2.75) is 31.9 Å². The first-order chi connectivity index (χ1) is 8.63. The minimum atomic E-state index is -1.91. The van der Waals surface area contributed by atoms with Crippen molar-refractivity contribution < 1.29 is 18.4 Å². The van der Waals surface area contributed by atoms with Crippen LogP contribution in [0.2, 0.25) is 0 Å². The lowest BCUT2D eigenvalue weighted by Crippen LogP contribution is -2.40. The minimum Gasteiger partial charge on any atom is -0.461 e. The highest BCUT2D eigenvalue weighted by Gasteiger charge is 2.40. The molecule has 102 valence electrons. The van der Waals surface area contributed by atoms with Gasteiger partial charge in [0.15, 0.2) is 0 Å². The molecular formula is C13H22O4Si. The predicted octanol–water partition coefficient (Wildman–Crippen LogP) is 1.57. The molecule has 0 amide bonds. The molecular weight excluding hydrogens is 248 g/mol. The Kier molecular flexibility index (Phi) is 4.58. The lowest BCUT2D eigenvalue weighted by atomic mass is 9.91. The monoisotopic (exact) mass is 270 g/mol. The highest BCUT2D eigenvalue weighted by molar-refractivity contribution is 6.46. The smallest absolute Gasteiger partial charge is 0.363 e. The topological polar surface area (TPSA) is 44.8 Å². The van der Waals surface area contributed by atoms with Crippen molar-refractivity contribution in [3.05, 3.63) is 12.2 Å². The molecule has 2 aliphatic rings. The van der Waals surface area contributed by atoms with E-state index in [-0.39, 0.29) is 11.7 Å². The fourth-order valence-electron chi connectivity index (χ4n) is 3.29. The van der Waals surface area contributed by atoms with E-state index >= 15 is 0 Å². The second kappa shape index (κ2) is 5.99. The zero-order valence-electron chi connectivity index (χ0n) is 11.3. The average Bonchev–Trinajstić information content (AvgIpc) is 2.91. The van der Waals surface area contributed by atoms with E-state index in [0.717, 1.165) is 12.3 Å². The number of hydrogen-bond acceptors (Lipinski definition) is 4. The second-order valence-electron chi connectivity index (χ2n) is 5.26. The van der Waals surface area contributed by atoms with E-state index in [2.05, 4.69) is 12.2 Å². The summed E-state index contributed by atoms with van der Waals surface area (Å²) in [5, 5.41) is 0. The molecule has 4 unspecified atom stereocenters. The molecule has 5 heteroatoms. The Morgan fingerprint density at radius 2 is 2.06 bits per heavy atom. The van der Waals surface area contributed by atoms with Crippen LogP contribution in [0.3, 0.4) is 0 Å². The molecule has 1 saturated carbocycles. The van der Waals surface area contributed by atoms with Crippen LogP contribution in [0.1, 0.15) is 26.2 Å². The summed E-state index contributed by atoms with van der Waals surface area (Å²) in [6, 6.07) is 0. The Morgan fingerprint density at radius 3 is 2.50 bits per heavy atom. The maximum absolute atomic E-state index is 11.2. The molecule has 0 aromatic heterocycles. The lowest BCUT2D eigenvalue weighted by Gasteiger charge is -2.27. The Hall–Kier alpha value is -0.653. The first-order valence-electron chi connectivity index (χ1n) is 6.55. The number of fused-ring (bicyclic) bond motifs is 2. The first kappa shape index (κ1) is 13.8. The van der Waals surface area contributed by atoms with E-state index in [4.69, 9.17) is 13.6 Å². The Bertz CT molecular complexity index is 327. The third-order valence-electron chi connectivity index (χ3n) is 4.04. The van der Waals surface area contributed by atoms with Gasteiger partial charge in [0.05, 0.1) is 0 Å². The molecule has 1 fully saturated rings. The molecule has 0 aliphatic heterocycles. The molecule has 0 heterocycles. The van der Waals surface area contributed by atoms with Crippen molar-refractivity contribution >= 4 is 15.3 Å².